The van der Waals surface area contributed by atoms with Gasteiger partial charge in [-0.3, -0.25) is 0 Å². The minimum atomic E-state index is 0.610. The van der Waals surface area contributed by atoms with Crippen LogP contribution in [0.3, 0.4) is 0 Å². The van der Waals surface area contributed by atoms with E-state index in [1.54, 1.807) is 7.11 Å². The normalized spacial score (nSPS) is 21.4. The van der Waals surface area contributed by atoms with Crippen molar-refractivity contribution in [3.63, 3.8) is 0 Å². The quantitative estimate of drug-likeness (QED) is 0.555. The Hall–Kier alpha value is -2.49. The first-order valence-corrected chi connectivity index (χ1v) is 12.0. The summed E-state index contributed by atoms with van der Waals surface area (Å²) in [6.45, 7) is 2.34. The van der Waals surface area contributed by atoms with Crippen LogP contribution >= 0.6 is 0 Å². The Morgan fingerprint density at radius 2 is 1.90 bits per heavy atom. The van der Waals surface area contributed by atoms with Gasteiger partial charge in [-0.15, -0.1) is 0 Å². The third-order valence-corrected chi connectivity index (χ3v) is 7.04. The second-order valence-electron chi connectivity index (χ2n) is 9.04. The SMILES string of the molecule is CCC1CCCCCCCCc2cc1c(/C=C1/N=C(c3cccn3C)C=C1OC)n2C. The lowest BCUT2D eigenvalue weighted by molar-refractivity contribution is 0.303. The van der Waals surface area contributed by atoms with Crippen LogP contribution in [0.5, 0.6) is 0 Å². The second-order valence-corrected chi connectivity index (χ2v) is 9.04. The average Bonchev–Trinajstić information content (AvgIpc) is 3.45. The number of hydrogen-bond acceptors (Lipinski definition) is 2. The number of aliphatic imine (C=N–C) groups is 1. The molecule has 0 saturated carbocycles. The van der Waals surface area contributed by atoms with E-state index in [0.29, 0.717) is 5.92 Å². The fourth-order valence-electron chi connectivity index (χ4n) is 5.10. The van der Waals surface area contributed by atoms with Gasteiger partial charge in [0.2, 0.25) is 0 Å². The highest BCUT2D eigenvalue weighted by Gasteiger charge is 2.23. The van der Waals surface area contributed by atoms with Crippen LogP contribution in [-0.2, 0) is 25.3 Å². The minimum absolute atomic E-state index is 0.610. The van der Waals surface area contributed by atoms with Crippen molar-refractivity contribution < 1.29 is 4.74 Å². The van der Waals surface area contributed by atoms with E-state index in [0.717, 1.165) is 29.3 Å². The minimum Gasteiger partial charge on any atom is -0.494 e. The molecule has 2 aromatic heterocycles. The number of ether oxygens (including phenoxy) is 1. The molecule has 0 saturated heterocycles. The van der Waals surface area contributed by atoms with Crippen molar-refractivity contribution in [1.82, 2.24) is 9.13 Å². The highest BCUT2D eigenvalue weighted by atomic mass is 16.5. The number of allylic oxidation sites excluding steroid dienone is 1. The van der Waals surface area contributed by atoms with E-state index in [1.807, 2.05) is 0 Å². The van der Waals surface area contributed by atoms with Gasteiger partial charge >= 0.3 is 0 Å². The number of rotatable bonds is 4. The van der Waals surface area contributed by atoms with Crippen LogP contribution in [0.15, 0.2) is 46.9 Å². The lowest BCUT2D eigenvalue weighted by Crippen LogP contribution is -2.02. The van der Waals surface area contributed by atoms with Crippen molar-refractivity contribution in [3.8, 4) is 0 Å². The molecule has 2 aromatic rings. The zero-order valence-electron chi connectivity index (χ0n) is 19.7. The van der Waals surface area contributed by atoms with E-state index in [9.17, 15) is 0 Å². The second kappa shape index (κ2) is 9.76. The highest BCUT2D eigenvalue weighted by Crippen LogP contribution is 2.35. The maximum atomic E-state index is 5.74. The van der Waals surface area contributed by atoms with E-state index >= 15 is 0 Å². The molecule has 166 valence electrons. The summed E-state index contributed by atoms with van der Waals surface area (Å²) < 4.78 is 10.2. The van der Waals surface area contributed by atoms with Crippen LogP contribution in [-0.4, -0.2) is 22.0 Å². The van der Waals surface area contributed by atoms with Crippen molar-refractivity contribution >= 4 is 11.8 Å². The van der Waals surface area contributed by atoms with Gasteiger partial charge in [-0.2, -0.15) is 0 Å². The van der Waals surface area contributed by atoms with Crippen LogP contribution in [0.2, 0.25) is 0 Å². The highest BCUT2D eigenvalue weighted by molar-refractivity contribution is 6.11. The zero-order valence-corrected chi connectivity index (χ0v) is 19.7. The Morgan fingerprint density at radius 1 is 1.13 bits per heavy atom. The summed E-state index contributed by atoms with van der Waals surface area (Å²) in [5.74, 6) is 1.45. The van der Waals surface area contributed by atoms with Crippen molar-refractivity contribution in [1.29, 1.82) is 0 Å². The van der Waals surface area contributed by atoms with Crippen molar-refractivity contribution in [2.75, 3.05) is 7.11 Å². The van der Waals surface area contributed by atoms with Crippen molar-refractivity contribution in [3.05, 3.63) is 64.6 Å². The predicted molar refractivity (Wildman–Crippen MR) is 129 cm³/mol. The van der Waals surface area contributed by atoms with Gasteiger partial charge in [-0.25, -0.2) is 4.99 Å². The van der Waals surface area contributed by atoms with E-state index in [2.05, 4.69) is 66.7 Å². The summed E-state index contributed by atoms with van der Waals surface area (Å²) in [6, 6.07) is 6.64. The number of methoxy groups -OCH3 is 1. The van der Waals surface area contributed by atoms with Crippen LogP contribution in [0.25, 0.3) is 6.08 Å². The maximum Gasteiger partial charge on any atom is 0.146 e. The molecule has 31 heavy (non-hydrogen) atoms. The maximum absolute atomic E-state index is 5.74. The molecule has 0 aromatic carbocycles. The zero-order chi connectivity index (χ0) is 21.8. The fourth-order valence-corrected chi connectivity index (χ4v) is 5.10. The summed E-state index contributed by atoms with van der Waals surface area (Å²) in [5.41, 5.74) is 7.24. The molecular formula is C27H37N3O. The van der Waals surface area contributed by atoms with Crippen LogP contribution in [0.1, 0.15) is 86.9 Å². The molecule has 0 amide bonds. The molecule has 4 heteroatoms. The standard InChI is InChI=1S/C27H37N3O/c1-5-20-13-10-8-6-7-9-11-14-21-17-22(20)26(30(21)3)18-24-27(31-4)19-23(28-24)25-15-12-16-29(25)2/h12,15-20H,5-11,13-14H2,1-4H3/b24-18+. The summed E-state index contributed by atoms with van der Waals surface area (Å²) in [4.78, 5) is 4.98. The Bertz CT molecular complexity index is 1000. The van der Waals surface area contributed by atoms with Gasteiger partial charge in [0.15, 0.2) is 0 Å². The van der Waals surface area contributed by atoms with Crippen LogP contribution in [0.4, 0.5) is 0 Å². The summed E-state index contributed by atoms with van der Waals surface area (Å²) in [6.07, 6.45) is 18.1. The van der Waals surface area contributed by atoms with E-state index in [4.69, 9.17) is 9.73 Å². The van der Waals surface area contributed by atoms with Crippen molar-refractivity contribution in [2.45, 2.75) is 70.6 Å². The van der Waals surface area contributed by atoms with E-state index in [-0.39, 0.29) is 0 Å². The fraction of sp³-hybridized carbons (Fsp3) is 0.519. The van der Waals surface area contributed by atoms with Crippen LogP contribution < -0.4 is 0 Å². The summed E-state index contributed by atoms with van der Waals surface area (Å²) in [5, 5.41) is 0. The van der Waals surface area contributed by atoms with E-state index < -0.39 is 0 Å². The topological polar surface area (TPSA) is 31.4 Å². The molecule has 1 aliphatic heterocycles. The molecule has 2 bridgehead atoms. The molecule has 1 unspecified atom stereocenters. The van der Waals surface area contributed by atoms with Gasteiger partial charge in [0, 0.05) is 37.8 Å². The molecule has 0 radical (unpaired) electrons. The first-order chi connectivity index (χ1) is 15.1. The molecule has 1 atom stereocenters. The lowest BCUT2D eigenvalue weighted by Gasteiger charge is -2.16. The molecule has 0 N–H and O–H groups in total. The Kier molecular flexibility index (Phi) is 6.84. The molecule has 3 heterocycles. The Labute approximate surface area is 187 Å². The van der Waals surface area contributed by atoms with Gasteiger partial charge in [-0.05, 0) is 61.4 Å². The van der Waals surface area contributed by atoms with Crippen molar-refractivity contribution in [2.24, 2.45) is 19.1 Å². The van der Waals surface area contributed by atoms with Gasteiger partial charge in [-0.1, -0.05) is 39.0 Å². The molecular weight excluding hydrogens is 382 g/mol. The summed E-state index contributed by atoms with van der Waals surface area (Å²) in [7, 11) is 6.02. The van der Waals surface area contributed by atoms with Crippen LogP contribution in [0, 0.1) is 0 Å². The molecule has 0 fully saturated rings. The smallest absolute Gasteiger partial charge is 0.146 e. The van der Waals surface area contributed by atoms with Gasteiger partial charge < -0.3 is 13.9 Å². The Morgan fingerprint density at radius 3 is 2.61 bits per heavy atom. The third-order valence-electron chi connectivity index (χ3n) is 7.04. The van der Waals surface area contributed by atoms with Gasteiger partial charge in [0.25, 0.3) is 0 Å². The number of aromatic nitrogens is 2. The monoisotopic (exact) mass is 419 g/mol. The first-order valence-electron chi connectivity index (χ1n) is 12.0. The molecule has 4 rings (SSSR count). The first kappa shape index (κ1) is 21.7. The van der Waals surface area contributed by atoms with Gasteiger partial charge in [0.1, 0.15) is 11.5 Å². The van der Waals surface area contributed by atoms with E-state index in [1.165, 1.54) is 68.3 Å². The predicted octanol–water partition coefficient (Wildman–Crippen LogP) is 6.52. The molecule has 1 aliphatic carbocycles. The number of fused-ring (bicyclic) bond motifs is 2. The lowest BCUT2D eigenvalue weighted by atomic mass is 9.89. The Balaban J connectivity index is 1.76. The molecule has 2 aliphatic rings. The molecule has 0 spiro atoms. The third kappa shape index (κ3) is 4.58. The number of hydrogen-bond donors (Lipinski definition) is 0. The number of nitrogens with zero attached hydrogens (tertiary/aromatic N) is 3. The number of aryl methyl sites for hydroxylation is 2. The largest absolute Gasteiger partial charge is 0.494 e. The summed E-state index contributed by atoms with van der Waals surface area (Å²) >= 11 is 0. The molecule has 4 nitrogen and oxygen atoms in total. The van der Waals surface area contributed by atoms with Gasteiger partial charge in [0.05, 0.1) is 18.5 Å². The average molecular weight is 420 g/mol.